The molecule has 4 heteroatoms. The van der Waals surface area contributed by atoms with Crippen LogP contribution in [0.1, 0.15) is 31.2 Å². The Hall–Kier alpha value is -0.830. The average Bonchev–Trinajstić information content (AvgIpc) is 2.37. The lowest BCUT2D eigenvalue weighted by Gasteiger charge is -2.42. The van der Waals surface area contributed by atoms with Crippen LogP contribution in [-0.4, -0.2) is 13.1 Å². The molecule has 19 heavy (non-hydrogen) atoms. The van der Waals surface area contributed by atoms with E-state index in [-0.39, 0.29) is 11.6 Å². The fraction of sp³-hybridized carbons (Fsp3) is 0.600. The molecule has 3 rings (SSSR count). The van der Waals surface area contributed by atoms with Gasteiger partial charge in [0.05, 0.1) is 0 Å². The highest BCUT2D eigenvalue weighted by atomic mass is 35.5. The smallest absolute Gasteiger partial charge is 0.149 e. The van der Waals surface area contributed by atoms with Gasteiger partial charge in [0.15, 0.2) is 0 Å². The number of alkyl halides is 1. The van der Waals surface area contributed by atoms with E-state index in [4.69, 9.17) is 11.6 Å². The number of benzene rings is 1. The monoisotopic (exact) mass is 285 g/mol. The molecule has 1 aliphatic carbocycles. The fourth-order valence-corrected chi connectivity index (χ4v) is 3.77. The molecular weight excluding hydrogens is 268 g/mol. The van der Waals surface area contributed by atoms with Crippen LogP contribution in [0, 0.1) is 23.5 Å². The zero-order valence-corrected chi connectivity index (χ0v) is 11.6. The third-order valence-electron chi connectivity index (χ3n) is 4.40. The van der Waals surface area contributed by atoms with Crippen molar-refractivity contribution in [2.24, 2.45) is 11.8 Å². The van der Waals surface area contributed by atoms with Crippen molar-refractivity contribution in [2.45, 2.75) is 31.6 Å². The van der Waals surface area contributed by atoms with Gasteiger partial charge in [0.25, 0.3) is 0 Å². The van der Waals surface area contributed by atoms with E-state index in [1.807, 2.05) is 4.90 Å². The van der Waals surface area contributed by atoms with Crippen LogP contribution in [0.4, 0.5) is 14.5 Å². The van der Waals surface area contributed by atoms with Gasteiger partial charge in [0.2, 0.25) is 0 Å². The summed E-state index contributed by atoms with van der Waals surface area (Å²) in [6.07, 6.45) is 4.87. The summed E-state index contributed by atoms with van der Waals surface area (Å²) in [7, 11) is 0. The summed E-state index contributed by atoms with van der Waals surface area (Å²) in [6.45, 7) is 1.56. The standard InChI is InChI=1S/C15H18ClF2N/c16-7-12-5-13(17)15(14(18)6-12)19-8-10-2-1-3-11(4-10)9-19/h5-6,10-11H,1-4,7-9H2. The quantitative estimate of drug-likeness (QED) is 0.731. The molecule has 0 N–H and O–H groups in total. The molecule has 0 aromatic heterocycles. The largest absolute Gasteiger partial charge is 0.366 e. The summed E-state index contributed by atoms with van der Waals surface area (Å²) in [6, 6.07) is 2.71. The Morgan fingerprint density at radius 3 is 2.21 bits per heavy atom. The van der Waals surface area contributed by atoms with Gasteiger partial charge in [-0.15, -0.1) is 11.6 Å². The fourth-order valence-electron chi connectivity index (χ4n) is 3.61. The third kappa shape index (κ3) is 2.58. The van der Waals surface area contributed by atoms with E-state index >= 15 is 0 Å². The number of anilines is 1. The van der Waals surface area contributed by atoms with E-state index in [9.17, 15) is 8.78 Å². The molecule has 2 bridgehead atoms. The first-order valence-electron chi connectivity index (χ1n) is 6.96. The SMILES string of the molecule is Fc1cc(CCl)cc(F)c1N1CC2CCCC(C2)C1. The van der Waals surface area contributed by atoms with Gasteiger partial charge in [0.1, 0.15) is 17.3 Å². The van der Waals surface area contributed by atoms with E-state index < -0.39 is 11.6 Å². The second-order valence-electron chi connectivity index (χ2n) is 5.85. The normalized spacial score (nSPS) is 26.6. The maximum atomic E-state index is 14.1. The highest BCUT2D eigenvalue weighted by Crippen LogP contribution is 2.38. The molecule has 1 aromatic carbocycles. The predicted molar refractivity (Wildman–Crippen MR) is 73.6 cm³/mol. The Morgan fingerprint density at radius 2 is 1.68 bits per heavy atom. The van der Waals surface area contributed by atoms with Crippen molar-refractivity contribution < 1.29 is 8.78 Å². The number of hydrogen-bond acceptors (Lipinski definition) is 1. The Balaban J connectivity index is 1.89. The van der Waals surface area contributed by atoms with Crippen molar-refractivity contribution in [1.29, 1.82) is 0 Å². The molecule has 1 nitrogen and oxygen atoms in total. The van der Waals surface area contributed by atoms with Crippen molar-refractivity contribution >= 4 is 17.3 Å². The van der Waals surface area contributed by atoms with Crippen molar-refractivity contribution in [3.05, 3.63) is 29.3 Å². The minimum atomic E-state index is -0.476. The second-order valence-corrected chi connectivity index (χ2v) is 6.11. The lowest BCUT2D eigenvalue weighted by Crippen LogP contribution is -2.43. The maximum Gasteiger partial charge on any atom is 0.149 e. The van der Waals surface area contributed by atoms with Crippen molar-refractivity contribution in [3.8, 4) is 0 Å². The molecule has 2 unspecified atom stereocenters. The molecule has 0 radical (unpaired) electrons. The number of fused-ring (bicyclic) bond motifs is 2. The number of hydrogen-bond donors (Lipinski definition) is 0. The molecule has 1 saturated heterocycles. The summed E-state index contributed by atoms with van der Waals surface area (Å²) < 4.78 is 28.2. The van der Waals surface area contributed by atoms with Crippen LogP contribution in [0.5, 0.6) is 0 Å². The minimum absolute atomic E-state index is 0.138. The van der Waals surface area contributed by atoms with Gasteiger partial charge in [-0.2, -0.15) is 0 Å². The van der Waals surface area contributed by atoms with Gasteiger partial charge >= 0.3 is 0 Å². The Bertz CT molecular complexity index is 442. The van der Waals surface area contributed by atoms with Gasteiger partial charge in [-0.05, 0) is 48.8 Å². The van der Waals surface area contributed by atoms with E-state index in [2.05, 4.69) is 0 Å². The van der Waals surface area contributed by atoms with E-state index in [1.54, 1.807) is 0 Å². The molecule has 1 saturated carbocycles. The molecular formula is C15H18ClF2N. The van der Waals surface area contributed by atoms with Crippen molar-refractivity contribution in [2.75, 3.05) is 18.0 Å². The third-order valence-corrected chi connectivity index (χ3v) is 4.70. The molecule has 0 spiro atoms. The number of rotatable bonds is 2. The molecule has 2 aliphatic rings. The van der Waals surface area contributed by atoms with Crippen LogP contribution in [0.25, 0.3) is 0 Å². The first-order valence-corrected chi connectivity index (χ1v) is 7.49. The summed E-state index contributed by atoms with van der Waals surface area (Å²) in [5, 5.41) is 0. The minimum Gasteiger partial charge on any atom is -0.366 e. The highest BCUT2D eigenvalue weighted by Gasteiger charge is 2.32. The highest BCUT2D eigenvalue weighted by molar-refractivity contribution is 6.17. The molecule has 104 valence electrons. The van der Waals surface area contributed by atoms with Crippen LogP contribution in [0.2, 0.25) is 0 Å². The van der Waals surface area contributed by atoms with Gasteiger partial charge in [0, 0.05) is 19.0 Å². The number of halogens is 3. The van der Waals surface area contributed by atoms with E-state index in [0.717, 1.165) is 13.1 Å². The second kappa shape index (κ2) is 5.28. The number of nitrogens with zero attached hydrogens (tertiary/aromatic N) is 1. The van der Waals surface area contributed by atoms with Gasteiger partial charge in [-0.25, -0.2) is 8.78 Å². The molecule has 2 fully saturated rings. The topological polar surface area (TPSA) is 3.24 Å². The summed E-state index contributed by atoms with van der Waals surface area (Å²) >= 11 is 5.64. The Kier molecular flexibility index (Phi) is 3.66. The average molecular weight is 286 g/mol. The lowest BCUT2D eigenvalue weighted by atomic mass is 9.78. The maximum absolute atomic E-state index is 14.1. The first kappa shape index (κ1) is 13.2. The van der Waals surface area contributed by atoms with E-state index in [1.165, 1.54) is 37.8 Å². The predicted octanol–water partition coefficient (Wildman–Crippen LogP) is 4.33. The lowest BCUT2D eigenvalue weighted by molar-refractivity contribution is 0.229. The zero-order valence-electron chi connectivity index (χ0n) is 10.8. The first-order chi connectivity index (χ1) is 9.17. The van der Waals surface area contributed by atoms with Crippen molar-refractivity contribution in [3.63, 3.8) is 0 Å². The molecule has 1 heterocycles. The summed E-state index contributed by atoms with van der Waals surface area (Å²) in [5.41, 5.74) is 0.642. The summed E-state index contributed by atoms with van der Waals surface area (Å²) in [4.78, 5) is 1.90. The summed E-state index contributed by atoms with van der Waals surface area (Å²) in [5.74, 6) is 0.378. The molecule has 2 atom stereocenters. The molecule has 1 aromatic rings. The van der Waals surface area contributed by atoms with E-state index in [0.29, 0.717) is 17.4 Å². The van der Waals surface area contributed by atoms with Gasteiger partial charge in [-0.1, -0.05) is 6.42 Å². The molecule has 1 aliphatic heterocycles. The van der Waals surface area contributed by atoms with Crippen LogP contribution in [-0.2, 0) is 5.88 Å². The van der Waals surface area contributed by atoms with Gasteiger partial charge < -0.3 is 4.90 Å². The van der Waals surface area contributed by atoms with Crippen LogP contribution < -0.4 is 4.90 Å². The number of piperidine rings is 1. The Morgan fingerprint density at radius 1 is 1.11 bits per heavy atom. The van der Waals surface area contributed by atoms with Crippen molar-refractivity contribution in [1.82, 2.24) is 0 Å². The van der Waals surface area contributed by atoms with Crippen LogP contribution in [0.3, 0.4) is 0 Å². The Labute approximate surface area is 117 Å². The van der Waals surface area contributed by atoms with Gasteiger partial charge in [-0.3, -0.25) is 0 Å². The van der Waals surface area contributed by atoms with Crippen LogP contribution >= 0.6 is 11.6 Å². The zero-order chi connectivity index (χ0) is 13.4. The van der Waals surface area contributed by atoms with Crippen LogP contribution in [0.15, 0.2) is 12.1 Å². The molecule has 0 amide bonds.